The van der Waals surface area contributed by atoms with Crippen molar-refractivity contribution in [3.05, 3.63) is 80.6 Å². The first-order valence-electron chi connectivity index (χ1n) is 11.5. The van der Waals surface area contributed by atoms with Gasteiger partial charge in [-0.25, -0.2) is 0 Å². The minimum Gasteiger partial charge on any atom is -1.00 e. The number of benzene rings is 2. The molecule has 0 N–H and O–H groups in total. The maximum atomic E-state index is 2.64. The fourth-order valence-corrected chi connectivity index (χ4v) is 30.3. The Morgan fingerprint density at radius 3 is 1.45 bits per heavy atom. The zero-order valence-electron chi connectivity index (χ0n) is 20.0. The quantitative estimate of drug-likeness (QED) is 0.240. The first-order chi connectivity index (χ1) is 15.4. The molecule has 6 rings (SSSR count). The van der Waals surface area contributed by atoms with E-state index in [4.69, 9.17) is 0 Å². The summed E-state index contributed by atoms with van der Waals surface area (Å²) in [6.07, 6.45) is 0. The van der Waals surface area contributed by atoms with Crippen LogP contribution in [0.3, 0.4) is 0 Å². The van der Waals surface area contributed by atoms with Crippen molar-refractivity contribution in [3.8, 4) is 0 Å². The Morgan fingerprint density at radius 1 is 0.667 bits per heavy atom. The summed E-state index contributed by atoms with van der Waals surface area (Å²) in [5.41, 5.74) is 9.63. The van der Waals surface area contributed by atoms with Gasteiger partial charge in [-0.3, -0.25) is 0 Å². The maximum absolute atomic E-state index is 2.64. The van der Waals surface area contributed by atoms with Gasteiger partial charge < -0.3 is 12.4 Å². The molecule has 0 fully saturated rings. The van der Waals surface area contributed by atoms with Gasteiger partial charge in [0.05, 0.1) is 0 Å². The fraction of sp³-hybridized carbons (Fsp3) is 0.286. The third-order valence-corrected chi connectivity index (χ3v) is 30.1. The van der Waals surface area contributed by atoms with Crippen molar-refractivity contribution in [2.45, 2.75) is 48.0 Å². The van der Waals surface area contributed by atoms with Gasteiger partial charge in [-0.1, -0.05) is 0 Å². The molecule has 2 aliphatic carbocycles. The van der Waals surface area contributed by atoms with E-state index in [1.54, 1.807) is 53.9 Å². The van der Waals surface area contributed by atoms with Crippen LogP contribution in [0.4, 0.5) is 0 Å². The van der Waals surface area contributed by atoms with Crippen LogP contribution in [0, 0.1) is 0 Å². The van der Waals surface area contributed by atoms with Crippen LogP contribution in [-0.2, 0) is 20.4 Å². The van der Waals surface area contributed by atoms with Crippen molar-refractivity contribution in [2.75, 3.05) is 0 Å². The van der Waals surface area contributed by atoms with Gasteiger partial charge >= 0.3 is 208 Å². The second-order valence-electron chi connectivity index (χ2n) is 9.62. The smallest absolute Gasteiger partial charge is 1.00 e. The average molecular weight is 583 g/mol. The van der Waals surface area contributed by atoms with E-state index in [0.717, 1.165) is 7.25 Å². The van der Waals surface area contributed by atoms with Crippen molar-refractivity contribution in [2.24, 2.45) is 0 Å². The van der Waals surface area contributed by atoms with E-state index in [-0.39, 0.29) is 17.8 Å². The van der Waals surface area contributed by atoms with Crippen LogP contribution in [0.5, 0.6) is 0 Å². The molecule has 0 saturated heterocycles. The van der Waals surface area contributed by atoms with E-state index in [9.17, 15) is 0 Å². The topological polar surface area (TPSA) is 0 Å². The Balaban J connectivity index is 0.00000228. The number of hydrogen-bond acceptors (Lipinski definition) is 2. The number of fused-ring (bicyclic) bond motifs is 6. The number of halogens is 1. The predicted octanol–water partition coefficient (Wildman–Crippen LogP) is 6.39. The van der Waals surface area contributed by atoms with Crippen molar-refractivity contribution in [1.82, 2.24) is 0 Å². The van der Waals surface area contributed by atoms with Gasteiger partial charge in [-0.05, 0) is 0 Å². The Bertz CT molecular complexity index is 1430. The first kappa shape index (κ1) is 23.9. The Labute approximate surface area is 219 Å². The first-order valence-corrected chi connectivity index (χ1v) is 22.1. The number of rotatable bonds is 2. The van der Waals surface area contributed by atoms with Crippen LogP contribution in [-0.4, -0.2) is 5.43 Å². The largest absolute Gasteiger partial charge is 1.00 e. The molecule has 2 aromatic heterocycles. The molecule has 2 aliphatic rings. The van der Waals surface area contributed by atoms with Gasteiger partial charge in [0.25, 0.3) is 0 Å². The Kier molecular flexibility index (Phi) is 6.32. The van der Waals surface area contributed by atoms with Crippen LogP contribution >= 0.6 is 22.7 Å². The molecule has 0 nitrogen and oxygen atoms in total. The molecule has 5 heteroatoms. The second-order valence-corrected chi connectivity index (χ2v) is 29.6. The molecule has 2 unspecified atom stereocenters. The molecule has 2 atom stereocenters. The summed E-state index contributed by atoms with van der Waals surface area (Å²) in [7, 11) is 0. The summed E-state index contributed by atoms with van der Waals surface area (Å²) < 4.78 is 4.42. The summed E-state index contributed by atoms with van der Waals surface area (Å²) in [5.74, 6) is 0. The van der Waals surface area contributed by atoms with Crippen LogP contribution in [0.15, 0.2) is 59.7 Å². The minimum atomic E-state index is -2.01. The third-order valence-electron chi connectivity index (χ3n) is 7.77. The normalized spacial score (nSPS) is 19.3. The standard InChI is InChI=1S/2C13H11S.C2H6Si.ClH.Zr/c2*1-8-7-11-10-5-3-4-6-12(10)14-13(11)9(8)2;1-3-2;;/h2*3-7H,1-2H3;1-2H3;1H;/q;;;;+1/p-1. The summed E-state index contributed by atoms with van der Waals surface area (Å²) in [6.45, 7) is 15.0. The minimum absolute atomic E-state index is 0. The SMILES string of the molecule is CC1=C(C)[CH]([Zr+]([CH]2C(C)=C(C)c3sc4ccccc4c32)=[Si](C)C)c2c1sc1ccccc21.[Cl-]. The Morgan fingerprint density at radius 2 is 1.06 bits per heavy atom. The summed E-state index contributed by atoms with van der Waals surface area (Å²) in [5, 5.41) is 3.09. The molecule has 2 aromatic carbocycles. The van der Waals surface area contributed by atoms with Crippen molar-refractivity contribution in [3.63, 3.8) is 0 Å². The van der Waals surface area contributed by atoms with Crippen LogP contribution in [0.25, 0.3) is 31.3 Å². The van der Waals surface area contributed by atoms with Crippen molar-refractivity contribution in [1.29, 1.82) is 0 Å². The van der Waals surface area contributed by atoms with E-state index >= 15 is 0 Å². The van der Waals surface area contributed by atoms with E-state index in [1.807, 2.05) is 22.7 Å². The summed E-state index contributed by atoms with van der Waals surface area (Å²) in [4.78, 5) is 3.20. The number of allylic oxidation sites excluding steroid dienone is 4. The molecule has 0 saturated carbocycles. The fourth-order valence-electron chi connectivity index (χ4n) is 6.01. The molecule has 0 bridgehead atoms. The van der Waals surface area contributed by atoms with Crippen LogP contribution in [0.2, 0.25) is 13.1 Å². The molecule has 0 amide bonds. The molecule has 33 heavy (non-hydrogen) atoms. The van der Waals surface area contributed by atoms with Gasteiger partial charge in [-0.2, -0.15) is 0 Å². The molecule has 2 heterocycles. The van der Waals surface area contributed by atoms with Crippen LogP contribution < -0.4 is 12.4 Å². The number of thiophene rings is 2. The molecule has 4 aromatic rings. The van der Waals surface area contributed by atoms with E-state index in [1.165, 1.54) is 9.40 Å². The van der Waals surface area contributed by atoms with Gasteiger partial charge in [0.1, 0.15) is 0 Å². The monoisotopic (exact) mass is 581 g/mol. The van der Waals surface area contributed by atoms with Gasteiger partial charge in [0, 0.05) is 0 Å². The van der Waals surface area contributed by atoms with E-state index in [2.05, 4.69) is 89.3 Å². The maximum Gasteiger partial charge on any atom is -1.00 e. The van der Waals surface area contributed by atoms with Crippen molar-refractivity contribution < 1.29 is 32.8 Å². The molecule has 0 spiro atoms. The molecule has 0 radical (unpaired) electrons. The Hall–Kier alpha value is -0.770. The van der Waals surface area contributed by atoms with Gasteiger partial charge in [0.2, 0.25) is 0 Å². The molecular weight excluding hydrogens is 555 g/mol. The molecule has 167 valence electrons. The van der Waals surface area contributed by atoms with E-state index < -0.39 is 20.4 Å². The predicted molar refractivity (Wildman–Crippen MR) is 143 cm³/mol. The number of hydrogen-bond donors (Lipinski definition) is 0. The molecular formula is C28H28ClS2SiZr. The van der Waals surface area contributed by atoms with Crippen LogP contribution in [0.1, 0.15) is 55.8 Å². The third kappa shape index (κ3) is 3.35. The second kappa shape index (κ2) is 8.71. The van der Waals surface area contributed by atoms with Gasteiger partial charge in [0.15, 0.2) is 0 Å². The summed E-state index contributed by atoms with van der Waals surface area (Å²) in [6, 6.07) is 18.4. The van der Waals surface area contributed by atoms with Gasteiger partial charge in [-0.15, -0.1) is 0 Å². The van der Waals surface area contributed by atoms with E-state index in [0.29, 0.717) is 0 Å². The molecule has 0 aliphatic heterocycles. The zero-order valence-corrected chi connectivity index (χ0v) is 25.8. The zero-order chi connectivity index (χ0) is 22.3. The average Bonchev–Trinajstić information content (AvgIpc) is 3.47. The summed E-state index contributed by atoms with van der Waals surface area (Å²) >= 11 is 2.07. The van der Waals surface area contributed by atoms with Crippen molar-refractivity contribution >= 4 is 59.4 Å².